The van der Waals surface area contributed by atoms with Crippen molar-refractivity contribution in [2.75, 3.05) is 49.1 Å². The summed E-state index contributed by atoms with van der Waals surface area (Å²) in [6, 6.07) is 15.4. The van der Waals surface area contributed by atoms with E-state index < -0.39 is 5.97 Å². The Balaban J connectivity index is 1.29. The molecule has 2 aliphatic heterocycles. The predicted molar refractivity (Wildman–Crippen MR) is 150 cm³/mol. The van der Waals surface area contributed by atoms with Crippen LogP contribution in [-0.4, -0.2) is 64.4 Å². The summed E-state index contributed by atoms with van der Waals surface area (Å²) in [6.45, 7) is 5.41. The number of aliphatic carboxylic acids is 1. The lowest BCUT2D eigenvalue weighted by atomic mass is 10.1. The Morgan fingerprint density at radius 2 is 1.74 bits per heavy atom. The van der Waals surface area contributed by atoms with Gasteiger partial charge >= 0.3 is 11.7 Å². The lowest BCUT2D eigenvalue weighted by molar-refractivity contribution is -0.136. The number of nitrogens with zero attached hydrogens (tertiary/aromatic N) is 5. The number of carboxylic acids is 1. The summed E-state index contributed by atoms with van der Waals surface area (Å²) in [6.07, 6.45) is 1.80. The molecule has 2 aliphatic rings. The van der Waals surface area contributed by atoms with Crippen LogP contribution in [0.15, 0.2) is 58.1 Å². The van der Waals surface area contributed by atoms with Crippen molar-refractivity contribution < 1.29 is 14.6 Å². The minimum Gasteiger partial charge on any atom is -0.487 e. The zero-order valence-corrected chi connectivity index (χ0v) is 22.5. The van der Waals surface area contributed by atoms with Crippen molar-refractivity contribution in [3.63, 3.8) is 0 Å². The minimum absolute atomic E-state index is 0.0356. The van der Waals surface area contributed by atoms with Gasteiger partial charge in [-0.1, -0.05) is 24.3 Å². The van der Waals surface area contributed by atoms with E-state index in [0.29, 0.717) is 12.4 Å². The van der Waals surface area contributed by atoms with Crippen LogP contribution in [0.4, 0.5) is 17.2 Å². The summed E-state index contributed by atoms with van der Waals surface area (Å²) in [5.74, 6) is 0.563. The summed E-state index contributed by atoms with van der Waals surface area (Å²) in [5, 5.41) is 9.32. The van der Waals surface area contributed by atoms with E-state index in [1.807, 2.05) is 30.3 Å². The fourth-order valence-electron chi connectivity index (χ4n) is 5.50. The van der Waals surface area contributed by atoms with Crippen molar-refractivity contribution in [2.45, 2.75) is 25.9 Å². The number of carbonyl (C=O) groups is 1. The van der Waals surface area contributed by atoms with Gasteiger partial charge in [-0.3, -0.25) is 18.7 Å². The van der Waals surface area contributed by atoms with Gasteiger partial charge in [-0.2, -0.15) is 0 Å². The van der Waals surface area contributed by atoms with E-state index in [9.17, 15) is 19.5 Å². The van der Waals surface area contributed by atoms with Gasteiger partial charge in [0.1, 0.15) is 18.2 Å². The van der Waals surface area contributed by atoms with Crippen LogP contribution < -0.4 is 25.8 Å². The average molecular weight is 534 g/mol. The van der Waals surface area contributed by atoms with E-state index in [4.69, 9.17) is 4.74 Å². The van der Waals surface area contributed by atoms with Gasteiger partial charge < -0.3 is 24.5 Å². The molecule has 5 rings (SSSR count). The number of anilines is 3. The molecule has 2 aromatic carbocycles. The Morgan fingerprint density at radius 1 is 0.923 bits per heavy atom. The predicted octanol–water partition coefficient (Wildman–Crippen LogP) is 2.34. The molecule has 0 radical (unpaired) electrons. The van der Waals surface area contributed by atoms with Gasteiger partial charge in [-0.25, -0.2) is 4.79 Å². The van der Waals surface area contributed by atoms with Crippen LogP contribution >= 0.6 is 0 Å². The van der Waals surface area contributed by atoms with E-state index >= 15 is 0 Å². The standard InChI is InChI=1S/C29H35N5O5/c1-30-26(19-27(35)31(2)29(30)38)33-13-5-11-32(15-16-33)12-6-14-34-23-8-4-3-7-22(23)20-39-25-10-9-21(17-24(25)34)18-28(36)37/h3-4,7-10,17,19H,5-6,11-16,18,20H2,1-2H3,(H,36,37). The first-order valence-electron chi connectivity index (χ1n) is 13.4. The number of ether oxygens (including phenoxy) is 1. The maximum Gasteiger partial charge on any atom is 0.332 e. The molecule has 0 saturated carbocycles. The molecule has 0 amide bonds. The molecule has 3 aromatic rings. The average Bonchev–Trinajstić information content (AvgIpc) is 3.25. The zero-order chi connectivity index (χ0) is 27.5. The van der Waals surface area contributed by atoms with Crippen molar-refractivity contribution in [3.8, 4) is 5.75 Å². The first kappa shape index (κ1) is 26.6. The number of para-hydroxylation sites is 1. The lowest BCUT2D eigenvalue weighted by Crippen LogP contribution is -2.41. The number of fused-ring (bicyclic) bond motifs is 2. The fourth-order valence-corrected chi connectivity index (χ4v) is 5.50. The molecule has 1 aromatic heterocycles. The van der Waals surface area contributed by atoms with Crippen LogP contribution in [0.3, 0.4) is 0 Å². The van der Waals surface area contributed by atoms with E-state index in [1.165, 1.54) is 7.05 Å². The summed E-state index contributed by atoms with van der Waals surface area (Å²) in [5.41, 5.74) is 3.21. The van der Waals surface area contributed by atoms with Crippen molar-refractivity contribution >= 4 is 23.2 Å². The second-order valence-corrected chi connectivity index (χ2v) is 10.2. The fraction of sp³-hybridized carbons (Fsp3) is 0.414. The molecule has 0 aliphatic carbocycles. The minimum atomic E-state index is -0.859. The van der Waals surface area contributed by atoms with Crippen LogP contribution in [0.1, 0.15) is 24.0 Å². The second-order valence-electron chi connectivity index (χ2n) is 10.2. The zero-order valence-electron chi connectivity index (χ0n) is 22.5. The Hall–Kier alpha value is -4.05. The molecule has 1 saturated heterocycles. The summed E-state index contributed by atoms with van der Waals surface area (Å²) >= 11 is 0. The van der Waals surface area contributed by atoms with Crippen LogP contribution in [0, 0.1) is 0 Å². The van der Waals surface area contributed by atoms with Crippen molar-refractivity contribution in [3.05, 3.63) is 80.5 Å². The SMILES string of the molecule is Cn1c(N2CCCN(CCCN3c4ccccc4COc4ccc(CC(=O)O)cc43)CC2)cc(=O)n(C)c1=O. The molecule has 3 heterocycles. The quantitative estimate of drug-likeness (QED) is 0.494. The summed E-state index contributed by atoms with van der Waals surface area (Å²) in [7, 11) is 3.21. The summed E-state index contributed by atoms with van der Waals surface area (Å²) < 4.78 is 8.79. The van der Waals surface area contributed by atoms with E-state index in [0.717, 1.165) is 84.9 Å². The molecule has 0 unspecified atom stereocenters. The number of benzene rings is 2. The molecule has 39 heavy (non-hydrogen) atoms. The first-order valence-corrected chi connectivity index (χ1v) is 13.4. The van der Waals surface area contributed by atoms with Crippen LogP contribution in [0.2, 0.25) is 0 Å². The number of aromatic nitrogens is 2. The van der Waals surface area contributed by atoms with E-state index in [2.05, 4.69) is 26.8 Å². The maximum atomic E-state index is 12.4. The van der Waals surface area contributed by atoms with Crippen LogP contribution in [0.5, 0.6) is 5.75 Å². The largest absolute Gasteiger partial charge is 0.487 e. The third-order valence-corrected chi connectivity index (χ3v) is 7.60. The molecule has 1 fully saturated rings. The highest BCUT2D eigenvalue weighted by atomic mass is 16.5. The number of hydrogen-bond acceptors (Lipinski definition) is 7. The molecule has 206 valence electrons. The third kappa shape index (κ3) is 5.70. The normalized spacial score (nSPS) is 15.6. The Kier molecular flexibility index (Phi) is 7.74. The molecule has 0 bridgehead atoms. The highest BCUT2D eigenvalue weighted by Gasteiger charge is 2.23. The monoisotopic (exact) mass is 533 g/mol. The van der Waals surface area contributed by atoms with Crippen LogP contribution in [0.25, 0.3) is 0 Å². The number of rotatable bonds is 7. The van der Waals surface area contributed by atoms with Gasteiger partial charge in [0.05, 0.1) is 12.1 Å². The van der Waals surface area contributed by atoms with Gasteiger partial charge in [0, 0.05) is 57.6 Å². The second kappa shape index (κ2) is 11.4. The van der Waals surface area contributed by atoms with E-state index in [-0.39, 0.29) is 17.7 Å². The highest BCUT2D eigenvalue weighted by molar-refractivity contribution is 5.76. The molecule has 0 spiro atoms. The molecule has 0 atom stereocenters. The highest BCUT2D eigenvalue weighted by Crippen LogP contribution is 2.40. The Morgan fingerprint density at radius 3 is 2.56 bits per heavy atom. The van der Waals surface area contributed by atoms with Gasteiger partial charge in [0.2, 0.25) is 0 Å². The van der Waals surface area contributed by atoms with Gasteiger partial charge in [0.15, 0.2) is 0 Å². The smallest absolute Gasteiger partial charge is 0.332 e. The number of hydrogen-bond donors (Lipinski definition) is 1. The molecule has 1 N–H and O–H groups in total. The lowest BCUT2D eigenvalue weighted by Gasteiger charge is -2.28. The van der Waals surface area contributed by atoms with Crippen molar-refractivity contribution in [1.29, 1.82) is 0 Å². The molecular weight excluding hydrogens is 498 g/mol. The molecule has 10 heteroatoms. The maximum absolute atomic E-state index is 12.4. The van der Waals surface area contributed by atoms with Crippen LogP contribution in [-0.2, 0) is 31.9 Å². The molecule has 10 nitrogen and oxygen atoms in total. The third-order valence-electron chi connectivity index (χ3n) is 7.60. The summed E-state index contributed by atoms with van der Waals surface area (Å²) in [4.78, 5) is 42.8. The van der Waals surface area contributed by atoms with Crippen molar-refractivity contribution in [2.24, 2.45) is 14.1 Å². The topological polar surface area (TPSA) is 100 Å². The van der Waals surface area contributed by atoms with Gasteiger partial charge in [-0.05, 0) is 49.7 Å². The number of carboxylic acid groups (broad SMARTS) is 1. The Labute approximate surface area is 227 Å². The van der Waals surface area contributed by atoms with Gasteiger partial charge in [0.25, 0.3) is 5.56 Å². The first-order chi connectivity index (χ1) is 18.8. The molecular formula is C29H35N5O5. The Bertz CT molecular complexity index is 1480. The van der Waals surface area contributed by atoms with E-state index in [1.54, 1.807) is 17.7 Å². The van der Waals surface area contributed by atoms with Crippen molar-refractivity contribution in [1.82, 2.24) is 14.0 Å². The van der Waals surface area contributed by atoms with Gasteiger partial charge in [-0.15, -0.1) is 0 Å².